The van der Waals surface area contributed by atoms with Crippen molar-refractivity contribution in [2.75, 3.05) is 6.54 Å². The Hall–Kier alpha value is -2.37. The van der Waals surface area contributed by atoms with E-state index in [2.05, 4.69) is 4.98 Å². The quantitative estimate of drug-likeness (QED) is 0.819. The lowest BCUT2D eigenvalue weighted by Crippen LogP contribution is -2.78. The lowest BCUT2D eigenvalue weighted by Gasteiger charge is -2.74. The molecular formula is C21H19F3N2O. The van der Waals surface area contributed by atoms with E-state index in [0.717, 1.165) is 31.4 Å². The van der Waals surface area contributed by atoms with Crippen LogP contribution >= 0.6 is 0 Å². The van der Waals surface area contributed by atoms with Gasteiger partial charge in [0.25, 0.3) is 5.91 Å². The van der Waals surface area contributed by atoms with E-state index >= 15 is 0 Å². The van der Waals surface area contributed by atoms with Crippen molar-refractivity contribution < 1.29 is 18.0 Å². The van der Waals surface area contributed by atoms with Crippen LogP contribution in [0.1, 0.15) is 42.7 Å². The van der Waals surface area contributed by atoms with E-state index in [0.29, 0.717) is 18.5 Å². The van der Waals surface area contributed by atoms with Crippen LogP contribution in [0.15, 0.2) is 42.7 Å². The van der Waals surface area contributed by atoms with Gasteiger partial charge in [0.05, 0.1) is 0 Å². The Morgan fingerprint density at radius 3 is 2.41 bits per heavy atom. The zero-order valence-corrected chi connectivity index (χ0v) is 14.7. The number of carbonyl (C=O) groups is 1. The SMILES string of the molecule is O=C1[C@@H](F)[C@H](c2ccc(F)c(F)c2)CCN1C12CC(c3ccncc3)(C1)C2. The molecule has 0 radical (unpaired) electrons. The third-order valence-corrected chi connectivity index (χ3v) is 6.76. The first kappa shape index (κ1) is 16.8. The van der Waals surface area contributed by atoms with Gasteiger partial charge in [0.15, 0.2) is 17.8 Å². The Morgan fingerprint density at radius 2 is 1.74 bits per heavy atom. The minimum Gasteiger partial charge on any atom is -0.334 e. The molecule has 1 aromatic heterocycles. The fourth-order valence-corrected chi connectivity index (χ4v) is 5.43. The number of amides is 1. The van der Waals surface area contributed by atoms with Gasteiger partial charge in [0, 0.05) is 35.8 Å². The van der Waals surface area contributed by atoms with Crippen LogP contribution in [0, 0.1) is 11.6 Å². The van der Waals surface area contributed by atoms with Crippen LogP contribution in [0.2, 0.25) is 0 Å². The Kier molecular flexibility index (Phi) is 3.46. The predicted molar refractivity (Wildman–Crippen MR) is 92.8 cm³/mol. The van der Waals surface area contributed by atoms with Gasteiger partial charge in [0.2, 0.25) is 0 Å². The van der Waals surface area contributed by atoms with Gasteiger partial charge in [-0.2, -0.15) is 0 Å². The number of halogens is 3. The Labute approximate surface area is 155 Å². The van der Waals surface area contributed by atoms with Crippen molar-refractivity contribution in [1.82, 2.24) is 9.88 Å². The Balaban J connectivity index is 1.31. The molecule has 2 aromatic rings. The summed E-state index contributed by atoms with van der Waals surface area (Å²) in [6.07, 6.45) is 4.84. The van der Waals surface area contributed by atoms with Gasteiger partial charge in [-0.1, -0.05) is 6.07 Å². The predicted octanol–water partition coefficient (Wildman–Crippen LogP) is 3.89. The van der Waals surface area contributed by atoms with Crippen LogP contribution in [0.3, 0.4) is 0 Å². The van der Waals surface area contributed by atoms with Gasteiger partial charge in [-0.3, -0.25) is 9.78 Å². The van der Waals surface area contributed by atoms with Gasteiger partial charge in [-0.25, -0.2) is 13.2 Å². The van der Waals surface area contributed by atoms with Gasteiger partial charge in [0.1, 0.15) is 0 Å². The van der Waals surface area contributed by atoms with Crippen molar-refractivity contribution in [3.05, 3.63) is 65.5 Å². The molecule has 140 valence electrons. The number of pyridine rings is 1. The summed E-state index contributed by atoms with van der Waals surface area (Å²) in [5, 5.41) is 0. The number of piperidine rings is 1. The van der Waals surface area contributed by atoms with Gasteiger partial charge in [-0.05, 0) is 61.1 Å². The molecule has 0 N–H and O–H groups in total. The molecule has 4 aliphatic rings. The molecule has 1 aromatic carbocycles. The molecule has 3 nitrogen and oxygen atoms in total. The standard InChI is InChI=1S/C21H19F3N2O/c22-16-2-1-13(9-17(16)23)15-5-8-26(19(27)18(15)24)21-10-20(11-21,12-21)14-3-6-25-7-4-14/h1-4,6-7,9,15,18H,5,8,10-12H2/t15-,18-,20?,21?/m0/s1. The molecule has 1 amide bonds. The van der Waals surface area contributed by atoms with Crippen molar-refractivity contribution in [3.63, 3.8) is 0 Å². The maximum Gasteiger partial charge on any atom is 0.258 e. The van der Waals surface area contributed by atoms with Crippen molar-refractivity contribution in [2.45, 2.75) is 48.7 Å². The number of likely N-dealkylation sites (tertiary alicyclic amines) is 1. The normalized spacial score (nSPS) is 34.8. The van der Waals surface area contributed by atoms with E-state index in [1.807, 2.05) is 12.1 Å². The van der Waals surface area contributed by atoms with Crippen molar-refractivity contribution in [2.24, 2.45) is 0 Å². The van der Waals surface area contributed by atoms with E-state index in [1.165, 1.54) is 11.6 Å². The monoisotopic (exact) mass is 372 g/mol. The van der Waals surface area contributed by atoms with Crippen molar-refractivity contribution >= 4 is 5.91 Å². The molecular weight excluding hydrogens is 353 g/mol. The molecule has 1 aliphatic heterocycles. The van der Waals surface area contributed by atoms with Crippen LogP contribution in [0.25, 0.3) is 0 Å². The summed E-state index contributed by atoms with van der Waals surface area (Å²) < 4.78 is 41.6. The van der Waals surface area contributed by atoms with E-state index in [-0.39, 0.29) is 11.0 Å². The zero-order chi connectivity index (χ0) is 18.8. The third kappa shape index (κ3) is 2.28. The molecule has 6 rings (SSSR count). The Morgan fingerprint density at radius 1 is 1.04 bits per heavy atom. The molecule has 2 atom stereocenters. The average Bonchev–Trinajstić information content (AvgIpc) is 2.60. The lowest BCUT2D eigenvalue weighted by molar-refractivity contribution is -0.194. The van der Waals surface area contributed by atoms with E-state index in [1.54, 1.807) is 17.3 Å². The van der Waals surface area contributed by atoms with E-state index in [9.17, 15) is 18.0 Å². The number of nitrogens with zero attached hydrogens (tertiary/aromatic N) is 2. The van der Waals surface area contributed by atoms with Crippen molar-refractivity contribution in [1.29, 1.82) is 0 Å². The summed E-state index contributed by atoms with van der Waals surface area (Å²) in [7, 11) is 0. The summed E-state index contributed by atoms with van der Waals surface area (Å²) in [6, 6.07) is 7.40. The number of alkyl halides is 1. The number of benzene rings is 1. The highest BCUT2D eigenvalue weighted by Gasteiger charge is 2.72. The first-order valence-electron chi connectivity index (χ1n) is 9.25. The maximum atomic E-state index is 14.9. The number of rotatable bonds is 3. The van der Waals surface area contributed by atoms with Gasteiger partial charge >= 0.3 is 0 Å². The van der Waals surface area contributed by atoms with Gasteiger partial charge < -0.3 is 4.90 Å². The fraction of sp³-hybridized carbons (Fsp3) is 0.429. The van der Waals surface area contributed by atoms with Crippen molar-refractivity contribution in [3.8, 4) is 0 Å². The minimum absolute atomic E-state index is 0.103. The third-order valence-electron chi connectivity index (χ3n) is 6.76. The lowest BCUT2D eigenvalue weighted by atomic mass is 9.37. The molecule has 0 unspecified atom stereocenters. The first-order valence-corrected chi connectivity index (χ1v) is 9.25. The largest absolute Gasteiger partial charge is 0.334 e. The summed E-state index contributed by atoms with van der Waals surface area (Å²) in [4.78, 5) is 18.5. The highest BCUT2D eigenvalue weighted by Crippen LogP contribution is 2.70. The average molecular weight is 372 g/mol. The fourth-order valence-electron chi connectivity index (χ4n) is 5.43. The second-order valence-electron chi connectivity index (χ2n) is 8.23. The Bertz CT molecular complexity index is 897. The molecule has 27 heavy (non-hydrogen) atoms. The minimum atomic E-state index is -1.71. The summed E-state index contributed by atoms with van der Waals surface area (Å²) in [5.41, 5.74) is 1.45. The highest BCUT2D eigenvalue weighted by molar-refractivity contribution is 5.84. The van der Waals surface area contributed by atoms with E-state index < -0.39 is 29.6 Å². The van der Waals surface area contributed by atoms with Gasteiger partial charge in [-0.15, -0.1) is 0 Å². The zero-order valence-electron chi connectivity index (χ0n) is 14.7. The smallest absolute Gasteiger partial charge is 0.258 e. The molecule has 3 aliphatic carbocycles. The molecule has 1 saturated heterocycles. The molecule has 3 saturated carbocycles. The van der Waals surface area contributed by atoms with Crippen LogP contribution < -0.4 is 0 Å². The molecule has 4 fully saturated rings. The van der Waals surface area contributed by atoms with Crippen LogP contribution in [-0.2, 0) is 10.2 Å². The molecule has 0 spiro atoms. The second-order valence-corrected chi connectivity index (χ2v) is 8.23. The molecule has 2 bridgehead atoms. The summed E-state index contributed by atoms with van der Waals surface area (Å²) >= 11 is 0. The first-order chi connectivity index (χ1) is 12.9. The number of carbonyl (C=O) groups excluding carboxylic acids is 1. The van der Waals surface area contributed by atoms with Crippen LogP contribution in [0.5, 0.6) is 0 Å². The number of hydrogen-bond acceptors (Lipinski definition) is 2. The summed E-state index contributed by atoms with van der Waals surface area (Å²) in [6.45, 7) is 0.454. The second kappa shape index (κ2) is 5.57. The highest BCUT2D eigenvalue weighted by atomic mass is 19.2. The topological polar surface area (TPSA) is 33.2 Å². The summed E-state index contributed by atoms with van der Waals surface area (Å²) in [5.74, 6) is -3.20. The molecule has 6 heteroatoms. The maximum absolute atomic E-state index is 14.9. The number of aromatic nitrogens is 1. The van der Waals surface area contributed by atoms with Crippen LogP contribution in [-0.4, -0.2) is 34.0 Å². The van der Waals surface area contributed by atoms with Crippen LogP contribution in [0.4, 0.5) is 13.2 Å². The molecule has 2 heterocycles. The number of hydrogen-bond donors (Lipinski definition) is 0. The van der Waals surface area contributed by atoms with E-state index in [4.69, 9.17) is 0 Å².